The van der Waals surface area contributed by atoms with Gasteiger partial charge in [0.05, 0.1) is 17.5 Å². The SMILES string of the molecule is CS(=O)(=O)/C(F)=C/[C@@H](C[C@H]1CCNC1=O)NC(=O)[C@H]1[C@H]2CC[C@H](CC2(F)F)N1C(=O)c1cc2c(F)ccc(F)c2[nH]1. The fourth-order valence-electron chi connectivity index (χ4n) is 6.10. The van der Waals surface area contributed by atoms with E-state index >= 15 is 8.78 Å². The van der Waals surface area contributed by atoms with Gasteiger partial charge in [0.25, 0.3) is 11.8 Å². The summed E-state index contributed by atoms with van der Waals surface area (Å²) < 4.78 is 96.6. The van der Waals surface area contributed by atoms with Gasteiger partial charge in [0.15, 0.2) is 0 Å². The number of alkyl halides is 2. The first-order valence-electron chi connectivity index (χ1n) is 13.0. The molecule has 5 atom stereocenters. The van der Waals surface area contributed by atoms with E-state index in [0.29, 0.717) is 25.3 Å². The van der Waals surface area contributed by atoms with Crippen molar-refractivity contribution in [3.05, 3.63) is 46.8 Å². The van der Waals surface area contributed by atoms with E-state index in [1.165, 1.54) is 0 Å². The molecular formula is C26H27F5N4O5S. The molecule has 9 nitrogen and oxygen atoms in total. The zero-order valence-corrected chi connectivity index (χ0v) is 22.5. The van der Waals surface area contributed by atoms with Crippen molar-refractivity contribution >= 4 is 38.5 Å². The second kappa shape index (κ2) is 10.4. The number of fused-ring (bicyclic) bond motifs is 4. The number of amides is 3. The molecule has 0 spiro atoms. The van der Waals surface area contributed by atoms with E-state index in [4.69, 9.17) is 0 Å². The van der Waals surface area contributed by atoms with Crippen molar-refractivity contribution in [3.63, 3.8) is 0 Å². The number of H-pyrrole nitrogens is 1. The minimum Gasteiger partial charge on any atom is -0.356 e. The molecule has 4 heterocycles. The van der Waals surface area contributed by atoms with Crippen LogP contribution in [-0.4, -0.2) is 72.9 Å². The van der Waals surface area contributed by atoms with Crippen molar-refractivity contribution in [2.24, 2.45) is 11.8 Å². The van der Waals surface area contributed by atoms with Gasteiger partial charge in [0, 0.05) is 36.6 Å². The molecule has 1 aliphatic carbocycles. The van der Waals surface area contributed by atoms with Crippen molar-refractivity contribution in [1.29, 1.82) is 0 Å². The first kappa shape index (κ1) is 29.0. The number of piperidine rings is 2. The number of carbonyl (C=O) groups is 3. The van der Waals surface area contributed by atoms with Gasteiger partial charge in [-0.05, 0) is 50.0 Å². The van der Waals surface area contributed by atoms with Gasteiger partial charge in [-0.25, -0.2) is 26.0 Å². The Kier molecular flexibility index (Phi) is 7.37. The third-order valence-corrected chi connectivity index (χ3v) is 8.92. The number of benzene rings is 1. The van der Waals surface area contributed by atoms with Crippen molar-refractivity contribution in [2.75, 3.05) is 12.8 Å². The van der Waals surface area contributed by atoms with Gasteiger partial charge < -0.3 is 20.5 Å². The Morgan fingerprint density at radius 3 is 2.51 bits per heavy atom. The molecule has 0 unspecified atom stereocenters. The lowest BCUT2D eigenvalue weighted by molar-refractivity contribution is -0.179. The highest BCUT2D eigenvalue weighted by molar-refractivity contribution is 7.94. The quantitative estimate of drug-likeness (QED) is 0.420. The molecule has 3 saturated heterocycles. The molecule has 2 bridgehead atoms. The van der Waals surface area contributed by atoms with Crippen LogP contribution in [0, 0.1) is 23.5 Å². The highest BCUT2D eigenvalue weighted by Gasteiger charge is 2.60. The summed E-state index contributed by atoms with van der Waals surface area (Å²) in [6, 6.07) is -1.48. The lowest BCUT2D eigenvalue weighted by Gasteiger charge is -2.53. The minimum absolute atomic E-state index is 0.112. The maximum atomic E-state index is 15.1. The number of rotatable bonds is 7. The topological polar surface area (TPSA) is 128 Å². The monoisotopic (exact) mass is 602 g/mol. The summed E-state index contributed by atoms with van der Waals surface area (Å²) in [7, 11) is -4.32. The number of halogens is 5. The Labute approximate surface area is 231 Å². The van der Waals surface area contributed by atoms with Crippen LogP contribution >= 0.6 is 0 Å². The zero-order valence-electron chi connectivity index (χ0n) is 21.7. The molecule has 222 valence electrons. The number of aromatic nitrogens is 1. The minimum atomic E-state index is -4.32. The predicted molar refractivity (Wildman–Crippen MR) is 136 cm³/mol. The number of carbonyl (C=O) groups excluding carboxylic acids is 3. The van der Waals surface area contributed by atoms with Gasteiger partial charge in [-0.3, -0.25) is 14.4 Å². The highest BCUT2D eigenvalue weighted by atomic mass is 32.2. The van der Waals surface area contributed by atoms with Gasteiger partial charge in [-0.1, -0.05) is 0 Å². The van der Waals surface area contributed by atoms with E-state index < -0.39 is 86.7 Å². The van der Waals surface area contributed by atoms with Crippen LogP contribution < -0.4 is 10.6 Å². The molecule has 2 aromatic rings. The van der Waals surface area contributed by atoms with Gasteiger partial charge in [-0.15, -0.1) is 0 Å². The molecule has 41 heavy (non-hydrogen) atoms. The first-order valence-corrected chi connectivity index (χ1v) is 14.9. The summed E-state index contributed by atoms with van der Waals surface area (Å²) in [6.45, 7) is 0.314. The van der Waals surface area contributed by atoms with Crippen LogP contribution in [0.15, 0.2) is 29.4 Å². The summed E-state index contributed by atoms with van der Waals surface area (Å²) in [6.07, 6.45) is 0.618. The largest absolute Gasteiger partial charge is 0.356 e. The Bertz CT molecular complexity index is 1520. The van der Waals surface area contributed by atoms with Crippen molar-refractivity contribution < 1.29 is 44.8 Å². The molecule has 4 fully saturated rings. The summed E-state index contributed by atoms with van der Waals surface area (Å²) in [5.41, 5.74) is -0.627. The molecule has 3 N–H and O–H groups in total. The van der Waals surface area contributed by atoms with E-state index in [2.05, 4.69) is 15.6 Å². The summed E-state index contributed by atoms with van der Waals surface area (Å²) in [5.74, 6) is -9.77. The summed E-state index contributed by atoms with van der Waals surface area (Å²) in [5, 5.41) is 3.14. The molecule has 0 radical (unpaired) electrons. The lowest BCUT2D eigenvalue weighted by atomic mass is 9.71. The van der Waals surface area contributed by atoms with Crippen molar-refractivity contribution in [1.82, 2.24) is 20.5 Å². The van der Waals surface area contributed by atoms with E-state index in [9.17, 15) is 36.0 Å². The summed E-state index contributed by atoms with van der Waals surface area (Å²) >= 11 is 0. The van der Waals surface area contributed by atoms with Crippen LogP contribution in [0.3, 0.4) is 0 Å². The predicted octanol–water partition coefficient (Wildman–Crippen LogP) is 2.94. The van der Waals surface area contributed by atoms with Gasteiger partial charge in [0.2, 0.25) is 26.8 Å². The fourth-order valence-corrected chi connectivity index (χ4v) is 6.51. The van der Waals surface area contributed by atoms with Crippen LogP contribution in [0.25, 0.3) is 10.9 Å². The van der Waals surface area contributed by atoms with Crippen molar-refractivity contribution in [2.45, 2.75) is 56.2 Å². The number of nitrogens with zero attached hydrogens (tertiary/aromatic N) is 1. The van der Waals surface area contributed by atoms with E-state index in [-0.39, 0.29) is 35.9 Å². The number of aromatic amines is 1. The number of sulfone groups is 1. The Morgan fingerprint density at radius 1 is 1.20 bits per heavy atom. The van der Waals surface area contributed by atoms with Crippen LogP contribution in [0.1, 0.15) is 42.6 Å². The van der Waals surface area contributed by atoms with E-state index in [1.54, 1.807) is 0 Å². The maximum Gasteiger partial charge on any atom is 0.271 e. The van der Waals surface area contributed by atoms with Crippen LogP contribution in [0.5, 0.6) is 0 Å². The Morgan fingerprint density at radius 2 is 1.90 bits per heavy atom. The molecular weight excluding hydrogens is 575 g/mol. The molecule has 4 aliphatic rings. The van der Waals surface area contributed by atoms with Gasteiger partial charge in [-0.2, -0.15) is 4.39 Å². The Hall–Kier alpha value is -3.49. The molecule has 6 rings (SSSR count). The number of hydrogen-bond donors (Lipinski definition) is 3. The zero-order chi connectivity index (χ0) is 29.9. The molecule has 1 saturated carbocycles. The molecule has 1 aromatic heterocycles. The van der Waals surface area contributed by atoms with Crippen LogP contribution in [0.4, 0.5) is 22.0 Å². The number of hydrogen-bond acceptors (Lipinski definition) is 5. The fraction of sp³-hybridized carbons (Fsp3) is 0.500. The average molecular weight is 603 g/mol. The maximum absolute atomic E-state index is 15.1. The van der Waals surface area contributed by atoms with Crippen LogP contribution in [0.2, 0.25) is 0 Å². The van der Waals surface area contributed by atoms with E-state index in [0.717, 1.165) is 23.1 Å². The third-order valence-electron chi connectivity index (χ3n) is 8.07. The normalized spacial score (nSPS) is 26.7. The van der Waals surface area contributed by atoms with Crippen LogP contribution in [-0.2, 0) is 19.4 Å². The standard InChI is InChI=1S/C26H27F5N4O5S/c1-41(39,40)20(29)9-13(8-12-6-7-32-23(12)36)33-24(37)22-16-3-2-14(11-26(16,30)31)35(22)25(38)19-10-15-17(27)4-5-18(28)21(15)34-19/h4-5,9-10,12-14,16,22,34H,2-3,6-8,11H2,1H3,(H,32,36)(H,33,37)/b20-9+/t12-,13-,14-,16-,22-/m1/s1. The Balaban J connectivity index is 1.49. The van der Waals surface area contributed by atoms with Crippen molar-refractivity contribution in [3.8, 4) is 0 Å². The third kappa shape index (κ3) is 5.43. The second-order valence-corrected chi connectivity index (χ2v) is 12.8. The molecule has 3 aliphatic heterocycles. The highest BCUT2D eigenvalue weighted by Crippen LogP contribution is 2.49. The smallest absolute Gasteiger partial charge is 0.271 e. The number of nitrogens with one attached hydrogen (secondary N) is 3. The molecule has 1 aromatic carbocycles. The second-order valence-electron chi connectivity index (χ2n) is 10.8. The summed E-state index contributed by atoms with van der Waals surface area (Å²) in [4.78, 5) is 42.8. The molecule has 15 heteroatoms. The van der Waals surface area contributed by atoms with Gasteiger partial charge in [0.1, 0.15) is 23.4 Å². The van der Waals surface area contributed by atoms with Gasteiger partial charge >= 0.3 is 0 Å². The first-order chi connectivity index (χ1) is 19.2. The average Bonchev–Trinajstić information content (AvgIpc) is 3.52. The van der Waals surface area contributed by atoms with E-state index in [1.807, 2.05) is 0 Å². The molecule has 3 amide bonds. The lowest BCUT2D eigenvalue weighted by Crippen LogP contribution is -2.68.